The molecule has 0 aliphatic carbocycles. The second-order valence-corrected chi connectivity index (χ2v) is 4.43. The van der Waals surface area contributed by atoms with Gasteiger partial charge in [0.05, 0.1) is 0 Å². The maximum atomic E-state index is 11.9. The Balaban J connectivity index is 2.29. The van der Waals surface area contributed by atoms with Gasteiger partial charge in [-0.15, -0.1) is 0 Å². The van der Waals surface area contributed by atoms with E-state index < -0.39 is 0 Å². The molecule has 0 bridgehead atoms. The van der Waals surface area contributed by atoms with Crippen LogP contribution in [0.15, 0.2) is 0 Å². The Hall–Kier alpha value is -0.610. The largest absolute Gasteiger partial charge is 0.396 e. The van der Waals surface area contributed by atoms with Crippen molar-refractivity contribution in [2.24, 2.45) is 0 Å². The van der Waals surface area contributed by atoms with Gasteiger partial charge in [-0.1, -0.05) is 0 Å². The van der Waals surface area contributed by atoms with Crippen LogP contribution in [0.4, 0.5) is 0 Å². The third-order valence-corrected chi connectivity index (χ3v) is 3.19. The van der Waals surface area contributed by atoms with Gasteiger partial charge in [-0.3, -0.25) is 4.79 Å². The summed E-state index contributed by atoms with van der Waals surface area (Å²) in [5, 5.41) is 17.5. The minimum atomic E-state index is 0.168. The molecule has 0 radical (unpaired) electrons. The second kappa shape index (κ2) is 7.63. The Bertz CT molecular complexity index is 208. The summed E-state index contributed by atoms with van der Waals surface area (Å²) in [6, 6.07) is 0.341. The van der Waals surface area contributed by atoms with Crippen molar-refractivity contribution in [2.75, 3.05) is 19.8 Å². The van der Waals surface area contributed by atoms with Gasteiger partial charge in [0.25, 0.3) is 0 Å². The fraction of sp³-hybridized carbons (Fsp3) is 0.917. The predicted octanol–water partition coefficient (Wildman–Crippen LogP) is 0.912. The summed E-state index contributed by atoms with van der Waals surface area (Å²) in [5.41, 5.74) is 0. The van der Waals surface area contributed by atoms with Crippen molar-refractivity contribution in [3.63, 3.8) is 0 Å². The first-order valence-corrected chi connectivity index (χ1v) is 6.30. The van der Waals surface area contributed by atoms with E-state index in [9.17, 15) is 4.79 Å². The molecule has 4 nitrogen and oxygen atoms in total. The summed E-state index contributed by atoms with van der Waals surface area (Å²) < 4.78 is 0. The number of hydrogen-bond acceptors (Lipinski definition) is 3. The smallest absolute Gasteiger partial charge is 0.222 e. The minimum absolute atomic E-state index is 0.168. The number of carbonyl (C=O) groups excluding carboxylic acids is 1. The lowest BCUT2D eigenvalue weighted by molar-refractivity contribution is -0.132. The van der Waals surface area contributed by atoms with Crippen LogP contribution in [0.2, 0.25) is 0 Å². The summed E-state index contributed by atoms with van der Waals surface area (Å²) in [6.07, 6.45) is 5.90. The van der Waals surface area contributed by atoms with Crippen LogP contribution >= 0.6 is 0 Å². The SMILES string of the molecule is O=C(CCCCO)N1CCCC1CCCO. The van der Waals surface area contributed by atoms with E-state index in [1.54, 1.807) is 0 Å². The number of likely N-dealkylation sites (tertiary alicyclic amines) is 1. The van der Waals surface area contributed by atoms with Gasteiger partial charge in [-0.25, -0.2) is 0 Å². The predicted molar refractivity (Wildman–Crippen MR) is 62.0 cm³/mol. The van der Waals surface area contributed by atoms with Gasteiger partial charge in [-0.2, -0.15) is 0 Å². The van der Waals surface area contributed by atoms with Crippen molar-refractivity contribution < 1.29 is 15.0 Å². The maximum absolute atomic E-state index is 11.9. The zero-order chi connectivity index (χ0) is 11.8. The average molecular weight is 229 g/mol. The van der Waals surface area contributed by atoms with E-state index in [2.05, 4.69) is 0 Å². The number of hydrogen-bond donors (Lipinski definition) is 2. The molecule has 16 heavy (non-hydrogen) atoms. The van der Waals surface area contributed by atoms with Gasteiger partial charge in [0.1, 0.15) is 0 Å². The van der Waals surface area contributed by atoms with E-state index in [4.69, 9.17) is 10.2 Å². The molecule has 1 aliphatic rings. The zero-order valence-electron chi connectivity index (χ0n) is 9.90. The summed E-state index contributed by atoms with van der Waals surface area (Å²) in [7, 11) is 0. The molecule has 1 aliphatic heterocycles. The van der Waals surface area contributed by atoms with Gasteiger partial charge in [0, 0.05) is 32.2 Å². The molecule has 1 unspecified atom stereocenters. The van der Waals surface area contributed by atoms with Crippen LogP contribution in [0.25, 0.3) is 0 Å². The highest BCUT2D eigenvalue weighted by molar-refractivity contribution is 5.76. The van der Waals surface area contributed by atoms with E-state index in [1.165, 1.54) is 0 Å². The van der Waals surface area contributed by atoms with Crippen LogP contribution < -0.4 is 0 Å². The number of aliphatic hydroxyl groups excluding tert-OH is 2. The van der Waals surface area contributed by atoms with Crippen LogP contribution in [0.1, 0.15) is 44.9 Å². The van der Waals surface area contributed by atoms with Crippen molar-refractivity contribution in [2.45, 2.75) is 51.0 Å². The first kappa shape index (κ1) is 13.5. The maximum Gasteiger partial charge on any atom is 0.222 e. The van der Waals surface area contributed by atoms with Gasteiger partial charge >= 0.3 is 0 Å². The third kappa shape index (κ3) is 4.10. The van der Waals surface area contributed by atoms with E-state index in [0.717, 1.165) is 38.6 Å². The summed E-state index contributed by atoms with van der Waals surface area (Å²) in [5.74, 6) is 0.217. The molecule has 4 heteroatoms. The van der Waals surface area contributed by atoms with Crippen molar-refractivity contribution in [1.82, 2.24) is 4.90 Å². The van der Waals surface area contributed by atoms with E-state index in [-0.39, 0.29) is 19.1 Å². The topological polar surface area (TPSA) is 60.8 Å². The highest BCUT2D eigenvalue weighted by atomic mass is 16.3. The lowest BCUT2D eigenvalue weighted by Crippen LogP contribution is -2.35. The lowest BCUT2D eigenvalue weighted by Gasteiger charge is -2.24. The number of carbonyl (C=O) groups is 1. The first-order valence-electron chi connectivity index (χ1n) is 6.30. The quantitative estimate of drug-likeness (QED) is 0.638. The Labute approximate surface area is 97.3 Å². The highest BCUT2D eigenvalue weighted by Crippen LogP contribution is 2.22. The molecule has 1 amide bonds. The number of unbranched alkanes of at least 4 members (excludes halogenated alkanes) is 1. The normalized spacial score (nSPS) is 20.4. The van der Waals surface area contributed by atoms with Crippen molar-refractivity contribution in [3.8, 4) is 0 Å². The van der Waals surface area contributed by atoms with Crippen molar-refractivity contribution in [3.05, 3.63) is 0 Å². The van der Waals surface area contributed by atoms with Gasteiger partial charge < -0.3 is 15.1 Å². The second-order valence-electron chi connectivity index (χ2n) is 4.43. The Kier molecular flexibility index (Phi) is 6.42. The van der Waals surface area contributed by atoms with Crippen LogP contribution in [0, 0.1) is 0 Å². The molecule has 0 aromatic heterocycles. The van der Waals surface area contributed by atoms with E-state index in [0.29, 0.717) is 18.9 Å². The van der Waals surface area contributed by atoms with Crippen LogP contribution in [0.3, 0.4) is 0 Å². The number of aliphatic hydroxyl groups is 2. The molecule has 2 N–H and O–H groups in total. The number of rotatable bonds is 7. The van der Waals surface area contributed by atoms with Crippen LogP contribution in [-0.4, -0.2) is 46.8 Å². The molecule has 1 rings (SSSR count). The molecule has 0 spiro atoms. The molecular formula is C12H23NO3. The van der Waals surface area contributed by atoms with Gasteiger partial charge in [0.2, 0.25) is 5.91 Å². The number of nitrogens with zero attached hydrogens (tertiary/aromatic N) is 1. The van der Waals surface area contributed by atoms with Gasteiger partial charge in [-0.05, 0) is 38.5 Å². The molecule has 0 saturated carbocycles. The standard InChI is InChI=1S/C12H23NO3/c14-9-2-1-7-12(16)13-8-3-5-11(13)6-4-10-15/h11,14-15H,1-10H2. The van der Waals surface area contributed by atoms with E-state index in [1.807, 2.05) is 4.90 Å². The molecule has 1 fully saturated rings. The summed E-state index contributed by atoms with van der Waals surface area (Å²) in [6.45, 7) is 1.25. The fourth-order valence-corrected chi connectivity index (χ4v) is 2.32. The number of amides is 1. The third-order valence-electron chi connectivity index (χ3n) is 3.19. The minimum Gasteiger partial charge on any atom is -0.396 e. The van der Waals surface area contributed by atoms with Crippen LogP contribution in [0.5, 0.6) is 0 Å². The Morgan fingerprint density at radius 2 is 1.94 bits per heavy atom. The fourth-order valence-electron chi connectivity index (χ4n) is 2.32. The average Bonchev–Trinajstić information content (AvgIpc) is 2.74. The summed E-state index contributed by atoms with van der Waals surface area (Å²) in [4.78, 5) is 13.8. The van der Waals surface area contributed by atoms with Crippen molar-refractivity contribution in [1.29, 1.82) is 0 Å². The monoisotopic (exact) mass is 229 g/mol. The molecule has 1 atom stereocenters. The summed E-state index contributed by atoms with van der Waals surface area (Å²) >= 11 is 0. The molecular weight excluding hydrogens is 206 g/mol. The Morgan fingerprint density at radius 1 is 1.19 bits per heavy atom. The molecule has 94 valence electrons. The Morgan fingerprint density at radius 3 is 2.62 bits per heavy atom. The molecule has 0 aromatic carbocycles. The zero-order valence-corrected chi connectivity index (χ0v) is 9.90. The molecule has 1 saturated heterocycles. The first-order chi connectivity index (χ1) is 7.79. The van der Waals surface area contributed by atoms with Crippen LogP contribution in [-0.2, 0) is 4.79 Å². The van der Waals surface area contributed by atoms with Crippen molar-refractivity contribution >= 4 is 5.91 Å². The molecule has 0 aromatic rings. The highest BCUT2D eigenvalue weighted by Gasteiger charge is 2.27. The lowest BCUT2D eigenvalue weighted by atomic mass is 10.1. The van der Waals surface area contributed by atoms with Gasteiger partial charge in [0.15, 0.2) is 0 Å². The van der Waals surface area contributed by atoms with E-state index >= 15 is 0 Å². The molecule has 1 heterocycles.